The Kier molecular flexibility index (Phi) is 4.47. The molecule has 2 atom stereocenters. The molecule has 1 aromatic heterocycles. The Balaban J connectivity index is 2.13. The van der Waals surface area contributed by atoms with Crippen LogP contribution in [-0.2, 0) is 14.8 Å². The maximum absolute atomic E-state index is 12.4. The Morgan fingerprint density at radius 1 is 1.55 bits per heavy atom. The minimum Gasteiger partial charge on any atom is -0.378 e. The highest BCUT2D eigenvalue weighted by Crippen LogP contribution is 2.43. The maximum atomic E-state index is 12.4. The van der Waals surface area contributed by atoms with Crippen LogP contribution in [0.5, 0.6) is 0 Å². The van der Waals surface area contributed by atoms with Crippen molar-refractivity contribution in [3.05, 3.63) is 10.2 Å². The fourth-order valence-electron chi connectivity index (χ4n) is 2.41. The molecule has 8 heteroatoms. The summed E-state index contributed by atoms with van der Waals surface area (Å²) in [5.74, 6) is 0. The Hall–Kier alpha value is -0.210. The molecule has 0 amide bonds. The van der Waals surface area contributed by atoms with E-state index >= 15 is 0 Å². The van der Waals surface area contributed by atoms with Crippen molar-refractivity contribution < 1.29 is 13.2 Å². The second kappa shape index (κ2) is 5.53. The minimum absolute atomic E-state index is 0.0892. The van der Waals surface area contributed by atoms with Crippen molar-refractivity contribution in [3.63, 3.8) is 0 Å². The van der Waals surface area contributed by atoms with Crippen molar-refractivity contribution in [2.24, 2.45) is 5.41 Å². The zero-order valence-electron chi connectivity index (χ0n) is 11.9. The Bertz CT molecular complexity index is 598. The summed E-state index contributed by atoms with van der Waals surface area (Å²) >= 11 is 6.75. The van der Waals surface area contributed by atoms with Gasteiger partial charge in [-0.15, -0.1) is 0 Å². The molecule has 1 aromatic rings. The smallest absolute Gasteiger partial charge is 0.252 e. The van der Waals surface area contributed by atoms with Crippen LogP contribution in [0.15, 0.2) is 4.21 Å². The zero-order valence-corrected chi connectivity index (χ0v) is 14.3. The highest BCUT2D eigenvalue weighted by molar-refractivity contribution is 7.91. The number of hydrogen-bond donors (Lipinski definition) is 1. The predicted octanol–water partition coefficient (Wildman–Crippen LogP) is 2.59. The van der Waals surface area contributed by atoms with Crippen molar-refractivity contribution in [1.82, 2.24) is 9.71 Å². The van der Waals surface area contributed by atoms with Gasteiger partial charge in [0.25, 0.3) is 10.0 Å². The molecular weight excluding hydrogens is 320 g/mol. The van der Waals surface area contributed by atoms with Crippen LogP contribution in [0.25, 0.3) is 0 Å². The summed E-state index contributed by atoms with van der Waals surface area (Å²) in [6, 6.07) is -0.135. The molecule has 1 aliphatic rings. The molecule has 1 N–H and O–H groups in total. The normalized spacial score (nSPS) is 25.4. The monoisotopic (exact) mass is 338 g/mol. The molecule has 20 heavy (non-hydrogen) atoms. The number of hydrogen-bond acceptors (Lipinski definition) is 5. The zero-order chi connectivity index (χ0) is 15.1. The molecule has 2 rings (SSSR count). The van der Waals surface area contributed by atoms with Gasteiger partial charge in [-0.25, -0.2) is 18.1 Å². The predicted molar refractivity (Wildman–Crippen MR) is 79.8 cm³/mol. The van der Waals surface area contributed by atoms with Gasteiger partial charge in [-0.1, -0.05) is 36.8 Å². The molecule has 1 saturated carbocycles. The van der Waals surface area contributed by atoms with Gasteiger partial charge in [0.2, 0.25) is 0 Å². The number of halogens is 1. The van der Waals surface area contributed by atoms with Crippen LogP contribution in [0.3, 0.4) is 0 Å². The van der Waals surface area contributed by atoms with Gasteiger partial charge in [0.15, 0.2) is 8.68 Å². The van der Waals surface area contributed by atoms with E-state index in [1.807, 2.05) is 20.8 Å². The van der Waals surface area contributed by atoms with E-state index < -0.39 is 10.0 Å². The quantitative estimate of drug-likeness (QED) is 0.896. The van der Waals surface area contributed by atoms with Crippen molar-refractivity contribution >= 4 is 33.0 Å². The molecule has 0 aromatic carbocycles. The Labute approximate surface area is 128 Å². The van der Waals surface area contributed by atoms with E-state index in [1.165, 1.54) is 0 Å². The number of aromatic nitrogens is 1. The molecule has 0 saturated heterocycles. The summed E-state index contributed by atoms with van der Waals surface area (Å²) in [6.07, 6.45) is 0.775. The number of sulfonamides is 1. The molecule has 1 aliphatic carbocycles. The SMILES string of the molecule is CCOC1CC(NS(=O)(=O)c2sc(Cl)nc2C)C1(C)C. The van der Waals surface area contributed by atoms with Gasteiger partial charge in [-0.2, -0.15) is 0 Å². The highest BCUT2D eigenvalue weighted by Gasteiger charge is 2.50. The second-order valence-corrected chi connectivity index (χ2v) is 9.01. The lowest BCUT2D eigenvalue weighted by Gasteiger charge is -2.51. The summed E-state index contributed by atoms with van der Waals surface area (Å²) < 4.78 is 33.5. The third-order valence-corrected chi connectivity index (χ3v) is 7.16. The summed E-state index contributed by atoms with van der Waals surface area (Å²) in [6.45, 7) is 8.24. The molecule has 2 unspecified atom stereocenters. The minimum atomic E-state index is -3.57. The van der Waals surface area contributed by atoms with E-state index in [9.17, 15) is 8.42 Å². The van der Waals surface area contributed by atoms with Crippen molar-refractivity contribution in [2.75, 3.05) is 6.61 Å². The van der Waals surface area contributed by atoms with Crippen LogP contribution in [0.4, 0.5) is 0 Å². The molecule has 5 nitrogen and oxygen atoms in total. The van der Waals surface area contributed by atoms with Gasteiger partial charge in [0.05, 0.1) is 11.8 Å². The third-order valence-electron chi connectivity index (χ3n) is 3.81. The van der Waals surface area contributed by atoms with Crippen LogP contribution in [0.1, 0.15) is 32.9 Å². The average Bonchev–Trinajstić information content (AvgIpc) is 2.68. The van der Waals surface area contributed by atoms with E-state index in [-0.39, 0.29) is 26.2 Å². The molecule has 0 aliphatic heterocycles. The molecule has 0 radical (unpaired) electrons. The van der Waals surface area contributed by atoms with Gasteiger partial charge in [0, 0.05) is 18.1 Å². The van der Waals surface area contributed by atoms with Crippen LogP contribution in [-0.4, -0.2) is 32.2 Å². The third kappa shape index (κ3) is 2.87. The lowest BCUT2D eigenvalue weighted by atomic mass is 9.65. The van der Waals surface area contributed by atoms with Gasteiger partial charge < -0.3 is 4.74 Å². The number of aryl methyl sites for hydroxylation is 1. The van der Waals surface area contributed by atoms with Crippen molar-refractivity contribution in [2.45, 2.75) is 50.5 Å². The number of nitrogens with zero attached hydrogens (tertiary/aromatic N) is 1. The van der Waals surface area contributed by atoms with Crippen LogP contribution in [0, 0.1) is 12.3 Å². The summed E-state index contributed by atoms with van der Waals surface area (Å²) in [5, 5.41) is 0. The first-order valence-corrected chi connectivity index (χ1v) is 9.13. The molecule has 1 heterocycles. The van der Waals surface area contributed by atoms with Gasteiger partial charge >= 0.3 is 0 Å². The van der Waals surface area contributed by atoms with E-state index in [1.54, 1.807) is 6.92 Å². The van der Waals surface area contributed by atoms with Crippen LogP contribution < -0.4 is 4.72 Å². The van der Waals surface area contributed by atoms with Crippen molar-refractivity contribution in [3.8, 4) is 0 Å². The number of rotatable bonds is 5. The Morgan fingerprint density at radius 2 is 2.20 bits per heavy atom. The summed E-state index contributed by atoms with van der Waals surface area (Å²) in [7, 11) is -3.57. The standard InChI is InChI=1S/C12H19ClN2O3S2/c1-5-18-9-6-8(12(9,3)4)15-20(16,17)10-7(2)14-11(13)19-10/h8-9,15H,5-6H2,1-4H3. The van der Waals surface area contributed by atoms with Gasteiger partial charge in [-0.05, 0) is 20.3 Å². The van der Waals surface area contributed by atoms with Gasteiger partial charge in [0.1, 0.15) is 0 Å². The molecule has 114 valence electrons. The lowest BCUT2D eigenvalue weighted by molar-refractivity contribution is -0.108. The Morgan fingerprint density at radius 3 is 2.65 bits per heavy atom. The van der Waals surface area contributed by atoms with Crippen molar-refractivity contribution in [1.29, 1.82) is 0 Å². The van der Waals surface area contributed by atoms with E-state index in [0.29, 0.717) is 18.7 Å². The lowest BCUT2D eigenvalue weighted by Crippen LogP contribution is -2.61. The summed E-state index contributed by atoms with van der Waals surface area (Å²) in [5.41, 5.74) is 0.219. The van der Waals surface area contributed by atoms with Crippen LogP contribution >= 0.6 is 22.9 Å². The number of ether oxygens (including phenoxy) is 1. The maximum Gasteiger partial charge on any atom is 0.252 e. The number of thiazole rings is 1. The van der Waals surface area contributed by atoms with E-state index in [2.05, 4.69) is 9.71 Å². The fraction of sp³-hybridized carbons (Fsp3) is 0.750. The summed E-state index contributed by atoms with van der Waals surface area (Å²) in [4.78, 5) is 3.95. The molecule has 0 bridgehead atoms. The second-order valence-electron chi connectivity index (χ2n) is 5.51. The highest BCUT2D eigenvalue weighted by atomic mass is 35.5. The van der Waals surface area contributed by atoms with E-state index in [4.69, 9.17) is 16.3 Å². The molecule has 0 spiro atoms. The topological polar surface area (TPSA) is 68.3 Å². The largest absolute Gasteiger partial charge is 0.378 e. The van der Waals surface area contributed by atoms with E-state index in [0.717, 1.165) is 11.3 Å². The van der Waals surface area contributed by atoms with Gasteiger partial charge in [-0.3, -0.25) is 0 Å². The molecular formula is C12H19ClN2O3S2. The fourth-order valence-corrected chi connectivity index (χ4v) is 5.57. The van der Waals surface area contributed by atoms with Crippen LogP contribution in [0.2, 0.25) is 4.47 Å². The first-order valence-electron chi connectivity index (χ1n) is 6.45. The number of nitrogens with one attached hydrogen (secondary N) is 1. The average molecular weight is 339 g/mol. The first-order chi connectivity index (χ1) is 9.18. The first kappa shape index (κ1) is 16.2. The molecule has 1 fully saturated rings.